The third-order valence-electron chi connectivity index (χ3n) is 9.17. The number of carbonyl (C=O) groups is 2. The summed E-state index contributed by atoms with van der Waals surface area (Å²) in [7, 11) is 1.76. The molecule has 0 unspecified atom stereocenters. The predicted octanol–water partition coefficient (Wildman–Crippen LogP) is 5.51. The van der Waals surface area contributed by atoms with Gasteiger partial charge in [-0.2, -0.15) is 0 Å². The maximum absolute atomic E-state index is 14.4. The van der Waals surface area contributed by atoms with E-state index in [0.29, 0.717) is 29.1 Å². The number of nitrogens with one attached hydrogen (secondary N) is 1. The molecule has 8 heteroatoms. The first-order valence-corrected chi connectivity index (χ1v) is 15.1. The summed E-state index contributed by atoms with van der Waals surface area (Å²) in [5.74, 6) is 0.713. The Kier molecular flexibility index (Phi) is 8.78. The lowest BCUT2D eigenvalue weighted by Gasteiger charge is -2.31. The molecule has 3 aromatic rings. The highest BCUT2D eigenvalue weighted by Crippen LogP contribution is 2.33. The maximum Gasteiger partial charge on any atom is 0.256 e. The SMILES string of the molecule is CC(=O)NC1CCC(CN2CC[C@@H](Cc3cn(-c4ccc(F)cc4C(=O)N(C)C(C)C)c4cncc(C)c34)C2)CC1. The third kappa shape index (κ3) is 6.48. The second-order valence-corrected chi connectivity index (χ2v) is 12.6. The largest absolute Gasteiger partial charge is 0.354 e. The zero-order valence-electron chi connectivity index (χ0n) is 25.1. The van der Waals surface area contributed by atoms with Gasteiger partial charge >= 0.3 is 0 Å². The van der Waals surface area contributed by atoms with Crippen molar-refractivity contribution in [2.24, 2.45) is 11.8 Å². The molecule has 7 nitrogen and oxygen atoms in total. The van der Waals surface area contributed by atoms with Gasteiger partial charge in [0.2, 0.25) is 5.91 Å². The lowest BCUT2D eigenvalue weighted by Crippen LogP contribution is -2.38. The van der Waals surface area contributed by atoms with E-state index in [1.54, 1.807) is 24.9 Å². The summed E-state index contributed by atoms with van der Waals surface area (Å²) < 4.78 is 16.4. The lowest BCUT2D eigenvalue weighted by molar-refractivity contribution is -0.119. The molecule has 220 valence electrons. The molecule has 1 aromatic carbocycles. The number of hydrogen-bond donors (Lipinski definition) is 1. The Labute approximate surface area is 243 Å². The molecule has 1 N–H and O–H groups in total. The lowest BCUT2D eigenvalue weighted by atomic mass is 9.85. The number of pyridine rings is 1. The van der Waals surface area contributed by atoms with Gasteiger partial charge in [0, 0.05) is 56.9 Å². The number of hydrogen-bond acceptors (Lipinski definition) is 4. The molecule has 1 saturated carbocycles. The summed E-state index contributed by atoms with van der Waals surface area (Å²) in [6.45, 7) is 10.9. The van der Waals surface area contributed by atoms with Gasteiger partial charge in [-0.3, -0.25) is 14.6 Å². The van der Waals surface area contributed by atoms with Crippen LogP contribution < -0.4 is 5.32 Å². The topological polar surface area (TPSA) is 70.5 Å². The molecule has 1 atom stereocenters. The summed E-state index contributed by atoms with van der Waals surface area (Å²) in [6.07, 6.45) is 12.5. The second-order valence-electron chi connectivity index (χ2n) is 12.6. The van der Waals surface area contributed by atoms with Gasteiger partial charge in [-0.25, -0.2) is 4.39 Å². The molecule has 2 aromatic heterocycles. The molecule has 0 spiro atoms. The molecular weight excluding hydrogens is 517 g/mol. The number of benzene rings is 1. The van der Waals surface area contributed by atoms with Gasteiger partial charge in [0.25, 0.3) is 5.91 Å². The average molecular weight is 562 g/mol. The van der Waals surface area contributed by atoms with Crippen LogP contribution >= 0.6 is 0 Å². The Morgan fingerprint density at radius 1 is 1.12 bits per heavy atom. The molecule has 5 rings (SSSR count). The smallest absolute Gasteiger partial charge is 0.256 e. The first-order valence-electron chi connectivity index (χ1n) is 15.1. The maximum atomic E-state index is 14.4. The Balaban J connectivity index is 1.34. The summed E-state index contributed by atoms with van der Waals surface area (Å²) in [5.41, 5.74) is 4.33. The van der Waals surface area contributed by atoms with Crippen molar-refractivity contribution in [1.29, 1.82) is 0 Å². The van der Waals surface area contributed by atoms with E-state index in [0.717, 1.165) is 56.4 Å². The molecule has 1 aliphatic heterocycles. The number of amides is 2. The summed E-state index contributed by atoms with van der Waals surface area (Å²) in [6, 6.07) is 4.82. The number of carbonyl (C=O) groups excluding carboxylic acids is 2. The fraction of sp³-hybridized carbons (Fsp3) is 0.545. The predicted molar refractivity (Wildman–Crippen MR) is 161 cm³/mol. The molecule has 2 amide bonds. The van der Waals surface area contributed by atoms with Crippen LogP contribution in [0.4, 0.5) is 4.39 Å². The van der Waals surface area contributed by atoms with E-state index in [1.807, 2.05) is 30.8 Å². The van der Waals surface area contributed by atoms with Crippen LogP contribution in [0.15, 0.2) is 36.8 Å². The number of likely N-dealkylation sites (tertiary alicyclic amines) is 1. The first kappa shape index (κ1) is 29.2. The van der Waals surface area contributed by atoms with Gasteiger partial charge in [0.1, 0.15) is 5.82 Å². The molecule has 1 saturated heterocycles. The van der Waals surface area contributed by atoms with Crippen LogP contribution in [-0.2, 0) is 11.2 Å². The van der Waals surface area contributed by atoms with E-state index < -0.39 is 5.82 Å². The minimum Gasteiger partial charge on any atom is -0.354 e. The van der Waals surface area contributed by atoms with Crippen molar-refractivity contribution in [3.05, 3.63) is 59.3 Å². The molecule has 1 aliphatic carbocycles. The highest BCUT2D eigenvalue weighted by molar-refractivity contribution is 5.99. The molecule has 0 radical (unpaired) electrons. The van der Waals surface area contributed by atoms with Gasteiger partial charge in [0.05, 0.1) is 23.0 Å². The van der Waals surface area contributed by atoms with Crippen LogP contribution in [0.1, 0.15) is 74.4 Å². The number of rotatable bonds is 8. The van der Waals surface area contributed by atoms with E-state index >= 15 is 0 Å². The van der Waals surface area contributed by atoms with Crippen LogP contribution in [0.3, 0.4) is 0 Å². The van der Waals surface area contributed by atoms with E-state index in [1.165, 1.54) is 35.9 Å². The van der Waals surface area contributed by atoms with Crippen LogP contribution in [0.2, 0.25) is 0 Å². The molecule has 2 aliphatic rings. The molecule has 41 heavy (non-hydrogen) atoms. The number of aromatic nitrogens is 2. The van der Waals surface area contributed by atoms with Gasteiger partial charge in [-0.1, -0.05) is 0 Å². The van der Waals surface area contributed by atoms with Crippen molar-refractivity contribution in [3.8, 4) is 5.69 Å². The van der Waals surface area contributed by atoms with Crippen molar-refractivity contribution in [1.82, 2.24) is 24.7 Å². The van der Waals surface area contributed by atoms with Crippen molar-refractivity contribution >= 4 is 22.7 Å². The minimum absolute atomic E-state index is 0.00273. The van der Waals surface area contributed by atoms with E-state index in [-0.39, 0.29) is 17.9 Å². The van der Waals surface area contributed by atoms with Gasteiger partial charge in [-0.15, -0.1) is 0 Å². The minimum atomic E-state index is -0.421. The van der Waals surface area contributed by atoms with E-state index in [9.17, 15) is 14.0 Å². The van der Waals surface area contributed by atoms with Gasteiger partial charge in [0.15, 0.2) is 0 Å². The zero-order valence-corrected chi connectivity index (χ0v) is 25.1. The Morgan fingerprint density at radius 2 is 1.88 bits per heavy atom. The standard InChI is InChI=1S/C33H44FN5O2/c1-21(2)37(5)33(41)29-15-27(34)8-11-30(29)39-20-26(32-22(3)16-35-17-31(32)39)14-25-12-13-38(19-25)18-24-6-9-28(10-7-24)36-23(4)40/h8,11,15-17,20-21,24-25,28H,6-7,9-10,12-14,18-19H2,1-5H3,(H,36,40)/t24?,25-,28?/m0/s1. The zero-order chi connectivity index (χ0) is 29.3. The number of fused-ring (bicyclic) bond motifs is 1. The summed E-state index contributed by atoms with van der Waals surface area (Å²) in [5, 5.41) is 4.26. The fourth-order valence-corrected chi connectivity index (χ4v) is 6.81. The number of aryl methyl sites for hydroxylation is 1. The fourth-order valence-electron chi connectivity index (χ4n) is 6.81. The molecule has 2 fully saturated rings. The monoisotopic (exact) mass is 561 g/mol. The van der Waals surface area contributed by atoms with Crippen LogP contribution in [0.25, 0.3) is 16.6 Å². The second kappa shape index (κ2) is 12.3. The van der Waals surface area contributed by atoms with Crippen molar-refractivity contribution in [2.75, 3.05) is 26.7 Å². The van der Waals surface area contributed by atoms with Crippen molar-refractivity contribution in [3.63, 3.8) is 0 Å². The highest BCUT2D eigenvalue weighted by atomic mass is 19.1. The highest BCUT2D eigenvalue weighted by Gasteiger charge is 2.29. The Bertz CT molecular complexity index is 1410. The summed E-state index contributed by atoms with van der Waals surface area (Å²) >= 11 is 0. The van der Waals surface area contributed by atoms with Crippen molar-refractivity contribution < 1.29 is 14.0 Å². The number of halogens is 1. The van der Waals surface area contributed by atoms with Gasteiger partial charge < -0.3 is 19.7 Å². The average Bonchev–Trinajstić information content (AvgIpc) is 3.53. The number of nitrogens with zero attached hydrogens (tertiary/aromatic N) is 4. The third-order valence-corrected chi connectivity index (χ3v) is 9.17. The van der Waals surface area contributed by atoms with E-state index in [2.05, 4.69) is 28.3 Å². The molecule has 3 heterocycles. The Hall–Kier alpha value is -3.26. The Morgan fingerprint density at radius 3 is 2.59 bits per heavy atom. The quantitative estimate of drug-likeness (QED) is 0.394. The summed E-state index contributed by atoms with van der Waals surface area (Å²) in [4.78, 5) is 33.5. The van der Waals surface area contributed by atoms with Crippen LogP contribution in [0, 0.1) is 24.6 Å². The van der Waals surface area contributed by atoms with Crippen LogP contribution in [0.5, 0.6) is 0 Å². The van der Waals surface area contributed by atoms with Gasteiger partial charge in [-0.05, 0) is 107 Å². The molecule has 0 bridgehead atoms. The van der Waals surface area contributed by atoms with Crippen LogP contribution in [-0.4, -0.2) is 69.9 Å². The first-order chi connectivity index (χ1) is 19.6. The van der Waals surface area contributed by atoms with E-state index in [4.69, 9.17) is 0 Å². The van der Waals surface area contributed by atoms with Crippen molar-refractivity contribution in [2.45, 2.75) is 78.3 Å². The molecular formula is C33H44FN5O2. The normalized spacial score (nSPS) is 21.5.